The predicted molar refractivity (Wildman–Crippen MR) is 70.8 cm³/mol. The van der Waals surface area contributed by atoms with Crippen LogP contribution in [0, 0.1) is 0 Å². The highest BCUT2D eigenvalue weighted by molar-refractivity contribution is 5.92. The molecule has 1 N–H and O–H groups in total. The van der Waals surface area contributed by atoms with E-state index in [1.165, 1.54) is 25.7 Å². The number of nitrogens with zero attached hydrogens (tertiary/aromatic N) is 2. The average molecular weight is 263 g/mol. The van der Waals surface area contributed by atoms with Crippen LogP contribution in [0.5, 0.6) is 0 Å². The van der Waals surface area contributed by atoms with Crippen LogP contribution in [0.1, 0.15) is 54.8 Å². The third-order valence-corrected chi connectivity index (χ3v) is 3.99. The molecule has 2 heterocycles. The van der Waals surface area contributed by atoms with Gasteiger partial charge >= 0.3 is 0 Å². The molecule has 0 radical (unpaired) electrons. The van der Waals surface area contributed by atoms with E-state index in [-0.39, 0.29) is 5.91 Å². The van der Waals surface area contributed by atoms with Crippen molar-refractivity contribution in [1.29, 1.82) is 0 Å². The molecule has 1 saturated carbocycles. The standard InChI is InChI=1S/C14H21N3O2/c18-14(15-11-5-3-1-2-4-6-11)12-9-17-7-8-19-10-13(17)16-12/h9,11H,1-8,10H2,(H,15,18). The first kappa shape index (κ1) is 12.7. The first-order valence-corrected chi connectivity index (χ1v) is 7.27. The molecule has 0 atom stereocenters. The Morgan fingerprint density at radius 1 is 1.32 bits per heavy atom. The Kier molecular flexibility index (Phi) is 3.82. The summed E-state index contributed by atoms with van der Waals surface area (Å²) in [6.07, 6.45) is 9.08. The van der Waals surface area contributed by atoms with E-state index in [2.05, 4.69) is 10.3 Å². The highest BCUT2D eigenvalue weighted by atomic mass is 16.5. The molecule has 1 aliphatic heterocycles. The molecule has 104 valence electrons. The number of carbonyl (C=O) groups is 1. The van der Waals surface area contributed by atoms with E-state index in [4.69, 9.17) is 4.74 Å². The summed E-state index contributed by atoms with van der Waals surface area (Å²) in [6, 6.07) is 0.324. The summed E-state index contributed by atoms with van der Waals surface area (Å²) in [7, 11) is 0. The molecule has 1 aromatic rings. The van der Waals surface area contributed by atoms with Crippen LogP contribution in [0.4, 0.5) is 0 Å². The van der Waals surface area contributed by atoms with Gasteiger partial charge in [0.2, 0.25) is 0 Å². The Morgan fingerprint density at radius 3 is 2.84 bits per heavy atom. The number of fused-ring (bicyclic) bond motifs is 1. The fraction of sp³-hybridized carbons (Fsp3) is 0.714. The van der Waals surface area contributed by atoms with E-state index in [9.17, 15) is 4.79 Å². The fourth-order valence-corrected chi connectivity index (χ4v) is 2.88. The van der Waals surface area contributed by atoms with Crippen LogP contribution in [0.15, 0.2) is 6.20 Å². The van der Waals surface area contributed by atoms with Crippen molar-refractivity contribution in [1.82, 2.24) is 14.9 Å². The second-order valence-electron chi connectivity index (χ2n) is 5.45. The van der Waals surface area contributed by atoms with Crippen LogP contribution in [0.2, 0.25) is 0 Å². The van der Waals surface area contributed by atoms with Crippen molar-refractivity contribution in [2.45, 2.75) is 57.7 Å². The topological polar surface area (TPSA) is 56.2 Å². The summed E-state index contributed by atoms with van der Waals surface area (Å²) in [4.78, 5) is 16.6. The average Bonchev–Trinajstić information content (AvgIpc) is 2.70. The van der Waals surface area contributed by atoms with E-state index in [0.717, 1.165) is 25.2 Å². The largest absolute Gasteiger partial charge is 0.372 e. The maximum absolute atomic E-state index is 12.2. The number of amides is 1. The van der Waals surface area contributed by atoms with Crippen molar-refractivity contribution in [2.24, 2.45) is 0 Å². The second kappa shape index (κ2) is 5.74. The maximum Gasteiger partial charge on any atom is 0.271 e. The summed E-state index contributed by atoms with van der Waals surface area (Å²) in [6.45, 7) is 2.00. The van der Waals surface area contributed by atoms with Crippen LogP contribution in [-0.2, 0) is 17.9 Å². The molecule has 19 heavy (non-hydrogen) atoms. The number of rotatable bonds is 2. The lowest BCUT2D eigenvalue weighted by Crippen LogP contribution is -2.34. The third-order valence-electron chi connectivity index (χ3n) is 3.99. The Morgan fingerprint density at radius 2 is 2.11 bits per heavy atom. The molecule has 0 bridgehead atoms. The molecule has 0 saturated heterocycles. The normalized spacial score (nSPS) is 20.6. The summed E-state index contributed by atoms with van der Waals surface area (Å²) in [5.41, 5.74) is 0.532. The predicted octanol–water partition coefficient (Wildman–Crippen LogP) is 1.87. The number of hydrogen-bond donors (Lipinski definition) is 1. The van der Waals surface area contributed by atoms with Crippen molar-refractivity contribution < 1.29 is 9.53 Å². The summed E-state index contributed by atoms with van der Waals surface area (Å²) < 4.78 is 7.36. The van der Waals surface area contributed by atoms with Crippen LogP contribution >= 0.6 is 0 Å². The molecule has 2 aliphatic rings. The van der Waals surface area contributed by atoms with Gasteiger partial charge in [0.1, 0.15) is 18.1 Å². The number of imidazole rings is 1. The van der Waals surface area contributed by atoms with E-state index in [1.54, 1.807) is 0 Å². The zero-order chi connectivity index (χ0) is 13.1. The highest BCUT2D eigenvalue weighted by Gasteiger charge is 2.20. The first-order valence-electron chi connectivity index (χ1n) is 7.27. The van der Waals surface area contributed by atoms with Crippen LogP contribution in [0.3, 0.4) is 0 Å². The molecule has 1 aliphatic carbocycles. The molecule has 0 spiro atoms. The third kappa shape index (κ3) is 2.97. The number of carbonyl (C=O) groups excluding carboxylic acids is 1. The van der Waals surface area contributed by atoms with Crippen molar-refractivity contribution in [3.63, 3.8) is 0 Å². The SMILES string of the molecule is O=C(NC1CCCCCC1)c1cn2c(n1)COCC2. The molecule has 0 aromatic carbocycles. The molecule has 1 aromatic heterocycles. The second-order valence-corrected chi connectivity index (χ2v) is 5.45. The summed E-state index contributed by atoms with van der Waals surface area (Å²) in [5, 5.41) is 3.13. The van der Waals surface area contributed by atoms with Gasteiger partial charge in [-0.25, -0.2) is 4.98 Å². The molecule has 5 heteroatoms. The quantitative estimate of drug-likeness (QED) is 0.829. The molecule has 0 unspecified atom stereocenters. The Hall–Kier alpha value is -1.36. The van der Waals surface area contributed by atoms with Crippen molar-refractivity contribution >= 4 is 5.91 Å². The van der Waals surface area contributed by atoms with Crippen LogP contribution in [-0.4, -0.2) is 28.1 Å². The smallest absolute Gasteiger partial charge is 0.271 e. The van der Waals surface area contributed by atoms with E-state index in [0.29, 0.717) is 24.9 Å². The van der Waals surface area contributed by atoms with Crippen molar-refractivity contribution in [2.75, 3.05) is 6.61 Å². The van der Waals surface area contributed by atoms with Gasteiger partial charge in [0.15, 0.2) is 0 Å². The lowest BCUT2D eigenvalue weighted by molar-refractivity contribution is 0.0815. The summed E-state index contributed by atoms with van der Waals surface area (Å²) in [5.74, 6) is 0.825. The van der Waals surface area contributed by atoms with Gasteiger partial charge in [-0.2, -0.15) is 0 Å². The minimum Gasteiger partial charge on any atom is -0.372 e. The van der Waals surface area contributed by atoms with Gasteiger partial charge in [0.25, 0.3) is 5.91 Å². The van der Waals surface area contributed by atoms with E-state index >= 15 is 0 Å². The van der Waals surface area contributed by atoms with E-state index in [1.807, 2.05) is 10.8 Å². The number of hydrogen-bond acceptors (Lipinski definition) is 3. The molecule has 1 amide bonds. The monoisotopic (exact) mass is 263 g/mol. The maximum atomic E-state index is 12.2. The highest BCUT2D eigenvalue weighted by Crippen LogP contribution is 2.18. The van der Waals surface area contributed by atoms with Gasteiger partial charge < -0.3 is 14.6 Å². The van der Waals surface area contributed by atoms with Crippen molar-refractivity contribution in [3.8, 4) is 0 Å². The number of aromatic nitrogens is 2. The Balaban J connectivity index is 1.64. The van der Waals surface area contributed by atoms with Crippen molar-refractivity contribution in [3.05, 3.63) is 17.7 Å². The lowest BCUT2D eigenvalue weighted by Gasteiger charge is -2.15. The molecular weight excluding hydrogens is 242 g/mol. The summed E-state index contributed by atoms with van der Waals surface area (Å²) >= 11 is 0. The van der Waals surface area contributed by atoms with Gasteiger partial charge in [-0.3, -0.25) is 4.79 Å². The van der Waals surface area contributed by atoms with Crippen LogP contribution < -0.4 is 5.32 Å². The fourth-order valence-electron chi connectivity index (χ4n) is 2.88. The Labute approximate surface area is 113 Å². The minimum absolute atomic E-state index is 0.0335. The van der Waals surface area contributed by atoms with Gasteiger partial charge in [-0.05, 0) is 12.8 Å². The lowest BCUT2D eigenvalue weighted by atomic mass is 10.1. The molecule has 5 nitrogen and oxygen atoms in total. The minimum atomic E-state index is -0.0335. The number of nitrogens with one attached hydrogen (secondary N) is 1. The van der Waals surface area contributed by atoms with E-state index < -0.39 is 0 Å². The van der Waals surface area contributed by atoms with Crippen LogP contribution in [0.25, 0.3) is 0 Å². The zero-order valence-electron chi connectivity index (χ0n) is 11.2. The first-order chi connectivity index (χ1) is 9.33. The molecule has 1 fully saturated rings. The number of ether oxygens (including phenoxy) is 1. The van der Waals surface area contributed by atoms with Gasteiger partial charge in [0, 0.05) is 18.8 Å². The zero-order valence-corrected chi connectivity index (χ0v) is 11.2. The molecule has 3 rings (SSSR count). The van der Waals surface area contributed by atoms with Gasteiger partial charge in [0.05, 0.1) is 6.61 Å². The van der Waals surface area contributed by atoms with Gasteiger partial charge in [-0.1, -0.05) is 25.7 Å². The molecular formula is C14H21N3O2. The Bertz CT molecular complexity index is 424. The van der Waals surface area contributed by atoms with Gasteiger partial charge in [-0.15, -0.1) is 0 Å².